The minimum Gasteiger partial charge on any atom is -0.497 e. The predicted octanol–water partition coefficient (Wildman–Crippen LogP) is 4.12. The molecular weight excluding hydrogens is 344 g/mol. The number of hydrogen-bond acceptors (Lipinski definition) is 4. The van der Waals surface area contributed by atoms with E-state index >= 15 is 0 Å². The van der Waals surface area contributed by atoms with Crippen molar-refractivity contribution in [3.63, 3.8) is 0 Å². The SMILES string of the molecule is COc1ccc(C(C)=NNC(=O)CSCc2ccc(Cl)cc2)cc1. The van der Waals surface area contributed by atoms with Gasteiger partial charge in [-0.15, -0.1) is 11.8 Å². The van der Waals surface area contributed by atoms with Gasteiger partial charge in [-0.25, -0.2) is 5.43 Å². The Labute approximate surface area is 151 Å². The lowest BCUT2D eigenvalue weighted by Crippen LogP contribution is -2.21. The molecule has 0 unspecified atom stereocenters. The Bertz CT molecular complexity index is 700. The summed E-state index contributed by atoms with van der Waals surface area (Å²) in [6.45, 7) is 1.85. The van der Waals surface area contributed by atoms with Crippen molar-refractivity contribution in [2.24, 2.45) is 5.10 Å². The fraction of sp³-hybridized carbons (Fsp3) is 0.222. The Morgan fingerprint density at radius 2 is 1.83 bits per heavy atom. The average Bonchev–Trinajstić information content (AvgIpc) is 2.61. The van der Waals surface area contributed by atoms with Crippen molar-refractivity contribution in [1.82, 2.24) is 5.43 Å². The predicted molar refractivity (Wildman–Crippen MR) is 101 cm³/mol. The molecule has 0 bridgehead atoms. The number of halogens is 1. The van der Waals surface area contributed by atoms with Crippen LogP contribution >= 0.6 is 23.4 Å². The molecule has 2 aromatic carbocycles. The second-order valence-electron chi connectivity index (χ2n) is 5.08. The fourth-order valence-corrected chi connectivity index (χ4v) is 2.82. The van der Waals surface area contributed by atoms with E-state index in [-0.39, 0.29) is 5.91 Å². The third kappa shape index (κ3) is 5.91. The number of amides is 1. The van der Waals surface area contributed by atoms with Crippen LogP contribution < -0.4 is 10.2 Å². The molecular formula is C18H19ClN2O2S. The molecule has 0 saturated carbocycles. The van der Waals surface area contributed by atoms with E-state index in [1.807, 2.05) is 55.5 Å². The third-order valence-electron chi connectivity index (χ3n) is 3.27. The van der Waals surface area contributed by atoms with Crippen molar-refractivity contribution >= 4 is 35.0 Å². The lowest BCUT2D eigenvalue weighted by molar-refractivity contribution is -0.118. The quantitative estimate of drug-likeness (QED) is 0.595. The molecule has 0 saturated heterocycles. The number of hydrazone groups is 1. The van der Waals surface area contributed by atoms with Crippen LogP contribution in [0.3, 0.4) is 0 Å². The topological polar surface area (TPSA) is 50.7 Å². The van der Waals surface area contributed by atoms with E-state index in [4.69, 9.17) is 16.3 Å². The van der Waals surface area contributed by atoms with Gasteiger partial charge in [0.05, 0.1) is 18.6 Å². The standard InChI is InChI=1S/C18H19ClN2O2S/c1-13(15-5-9-17(23-2)10-6-15)20-21-18(22)12-24-11-14-3-7-16(19)8-4-14/h3-10H,11-12H2,1-2H3,(H,21,22). The van der Waals surface area contributed by atoms with Gasteiger partial charge in [0.1, 0.15) is 5.75 Å². The number of ether oxygens (including phenoxy) is 1. The van der Waals surface area contributed by atoms with E-state index in [1.165, 1.54) is 11.8 Å². The molecule has 0 heterocycles. The first-order valence-corrected chi connectivity index (χ1v) is 8.91. The van der Waals surface area contributed by atoms with Crippen LogP contribution in [-0.4, -0.2) is 24.5 Å². The second kappa shape index (κ2) is 9.35. The molecule has 0 aliphatic carbocycles. The highest BCUT2D eigenvalue weighted by Gasteiger charge is 2.03. The zero-order valence-electron chi connectivity index (χ0n) is 13.6. The summed E-state index contributed by atoms with van der Waals surface area (Å²) in [5.41, 5.74) is 5.39. The van der Waals surface area contributed by atoms with E-state index in [0.29, 0.717) is 10.8 Å². The maximum atomic E-state index is 11.8. The number of thioether (sulfide) groups is 1. The molecule has 0 spiro atoms. The molecule has 0 aliphatic rings. The van der Waals surface area contributed by atoms with Crippen LogP contribution in [0.2, 0.25) is 5.02 Å². The van der Waals surface area contributed by atoms with Crippen LogP contribution in [0.4, 0.5) is 0 Å². The van der Waals surface area contributed by atoms with Crippen molar-refractivity contribution in [2.45, 2.75) is 12.7 Å². The van der Waals surface area contributed by atoms with Crippen LogP contribution in [0.15, 0.2) is 53.6 Å². The van der Waals surface area contributed by atoms with Gasteiger partial charge in [-0.05, 0) is 54.4 Å². The average molecular weight is 363 g/mol. The van der Waals surface area contributed by atoms with Gasteiger partial charge in [0, 0.05) is 10.8 Å². The Morgan fingerprint density at radius 3 is 2.46 bits per heavy atom. The van der Waals surface area contributed by atoms with Gasteiger partial charge in [-0.1, -0.05) is 23.7 Å². The van der Waals surface area contributed by atoms with E-state index in [2.05, 4.69) is 10.5 Å². The lowest BCUT2D eigenvalue weighted by atomic mass is 10.1. The highest BCUT2D eigenvalue weighted by molar-refractivity contribution is 7.99. The molecule has 0 radical (unpaired) electrons. The molecule has 0 aliphatic heterocycles. The molecule has 0 fully saturated rings. The summed E-state index contributed by atoms with van der Waals surface area (Å²) in [7, 11) is 1.62. The van der Waals surface area contributed by atoms with Gasteiger partial charge >= 0.3 is 0 Å². The monoisotopic (exact) mass is 362 g/mol. The summed E-state index contributed by atoms with van der Waals surface area (Å²) in [6, 6.07) is 15.1. The van der Waals surface area contributed by atoms with Crippen LogP contribution in [-0.2, 0) is 10.5 Å². The van der Waals surface area contributed by atoms with Gasteiger partial charge in [0.2, 0.25) is 5.91 Å². The highest BCUT2D eigenvalue weighted by Crippen LogP contribution is 2.15. The van der Waals surface area contributed by atoms with Gasteiger partial charge in [0.15, 0.2) is 0 Å². The maximum absolute atomic E-state index is 11.8. The number of benzene rings is 2. The van der Waals surface area contributed by atoms with Gasteiger partial charge in [0.25, 0.3) is 0 Å². The summed E-state index contributed by atoms with van der Waals surface area (Å²) >= 11 is 7.37. The zero-order valence-corrected chi connectivity index (χ0v) is 15.2. The van der Waals surface area contributed by atoms with E-state index in [9.17, 15) is 4.79 Å². The van der Waals surface area contributed by atoms with Crippen LogP contribution in [0, 0.1) is 0 Å². The van der Waals surface area contributed by atoms with E-state index in [0.717, 1.165) is 28.3 Å². The molecule has 126 valence electrons. The molecule has 2 aromatic rings. The van der Waals surface area contributed by atoms with Crippen molar-refractivity contribution in [3.8, 4) is 5.75 Å². The minimum atomic E-state index is -0.123. The van der Waals surface area contributed by atoms with Crippen LogP contribution in [0.25, 0.3) is 0 Å². The largest absolute Gasteiger partial charge is 0.497 e. The Morgan fingerprint density at radius 1 is 1.17 bits per heavy atom. The van der Waals surface area contributed by atoms with Crippen molar-refractivity contribution in [3.05, 3.63) is 64.7 Å². The van der Waals surface area contributed by atoms with E-state index < -0.39 is 0 Å². The second-order valence-corrected chi connectivity index (χ2v) is 6.50. The minimum absolute atomic E-state index is 0.123. The normalized spacial score (nSPS) is 11.2. The number of carbonyl (C=O) groups excluding carboxylic acids is 1. The molecule has 0 atom stereocenters. The first-order valence-electron chi connectivity index (χ1n) is 7.38. The molecule has 1 N–H and O–H groups in total. The fourth-order valence-electron chi connectivity index (χ4n) is 1.92. The third-order valence-corrected chi connectivity index (χ3v) is 4.53. The summed E-state index contributed by atoms with van der Waals surface area (Å²) in [6.07, 6.45) is 0. The summed E-state index contributed by atoms with van der Waals surface area (Å²) in [5, 5.41) is 4.85. The smallest absolute Gasteiger partial charge is 0.250 e. The number of hydrogen-bond donors (Lipinski definition) is 1. The van der Waals surface area contributed by atoms with Crippen LogP contribution in [0.5, 0.6) is 5.75 Å². The Balaban J connectivity index is 1.77. The van der Waals surface area contributed by atoms with Gasteiger partial charge in [-0.2, -0.15) is 5.10 Å². The summed E-state index contributed by atoms with van der Waals surface area (Å²) in [4.78, 5) is 11.8. The number of methoxy groups -OCH3 is 1. The first-order chi connectivity index (χ1) is 11.6. The number of rotatable bonds is 7. The molecule has 0 aromatic heterocycles. The highest BCUT2D eigenvalue weighted by atomic mass is 35.5. The summed E-state index contributed by atoms with van der Waals surface area (Å²) in [5.74, 6) is 1.77. The molecule has 24 heavy (non-hydrogen) atoms. The number of carbonyl (C=O) groups is 1. The number of nitrogens with one attached hydrogen (secondary N) is 1. The maximum Gasteiger partial charge on any atom is 0.250 e. The Hall–Kier alpha value is -1.98. The zero-order chi connectivity index (χ0) is 17.4. The van der Waals surface area contributed by atoms with Gasteiger partial charge < -0.3 is 4.74 Å². The molecule has 4 nitrogen and oxygen atoms in total. The van der Waals surface area contributed by atoms with Crippen LogP contribution in [0.1, 0.15) is 18.1 Å². The molecule has 1 amide bonds. The van der Waals surface area contributed by atoms with Gasteiger partial charge in [-0.3, -0.25) is 4.79 Å². The summed E-state index contributed by atoms with van der Waals surface area (Å²) < 4.78 is 5.11. The molecule has 6 heteroatoms. The van der Waals surface area contributed by atoms with E-state index in [1.54, 1.807) is 7.11 Å². The number of nitrogens with zero attached hydrogens (tertiary/aromatic N) is 1. The lowest BCUT2D eigenvalue weighted by Gasteiger charge is -2.05. The first kappa shape index (κ1) is 18.4. The van der Waals surface area contributed by atoms with Crippen molar-refractivity contribution < 1.29 is 9.53 Å². The van der Waals surface area contributed by atoms with Crippen molar-refractivity contribution in [1.29, 1.82) is 0 Å². The Kier molecular flexibility index (Phi) is 7.15. The van der Waals surface area contributed by atoms with Crippen molar-refractivity contribution in [2.75, 3.05) is 12.9 Å². The molecule has 2 rings (SSSR count).